The highest BCUT2D eigenvalue weighted by atomic mass is 79.9. The summed E-state index contributed by atoms with van der Waals surface area (Å²) in [7, 11) is 0. The molecule has 1 aromatic rings. The van der Waals surface area contributed by atoms with Crippen LogP contribution in [0.1, 0.15) is 25.7 Å². The average Bonchev–Trinajstić information content (AvgIpc) is 2.38. The third-order valence-electron chi connectivity index (χ3n) is 3.17. The molecule has 0 unspecified atom stereocenters. The first-order valence-electron chi connectivity index (χ1n) is 6.29. The average molecular weight is 336 g/mol. The van der Waals surface area contributed by atoms with E-state index in [9.17, 15) is 0 Å². The van der Waals surface area contributed by atoms with Crippen LogP contribution in [0.5, 0.6) is 5.88 Å². The van der Waals surface area contributed by atoms with Gasteiger partial charge >= 0.3 is 0 Å². The van der Waals surface area contributed by atoms with E-state index in [-0.39, 0.29) is 12.4 Å². The van der Waals surface area contributed by atoms with Crippen LogP contribution in [0.2, 0.25) is 0 Å². The molecule has 2 rings (SSSR count). The van der Waals surface area contributed by atoms with Crippen molar-refractivity contribution >= 4 is 28.3 Å². The molecule has 0 radical (unpaired) electrons. The molecule has 0 spiro atoms. The van der Waals surface area contributed by atoms with E-state index in [4.69, 9.17) is 4.74 Å². The molecule has 1 aliphatic heterocycles. The first kappa shape index (κ1) is 15.7. The molecular formula is C13H20BrClN2O. The molecule has 0 atom stereocenters. The molecule has 1 saturated heterocycles. The molecule has 0 bridgehead atoms. The van der Waals surface area contributed by atoms with Crippen molar-refractivity contribution in [2.24, 2.45) is 5.92 Å². The van der Waals surface area contributed by atoms with E-state index in [1.165, 1.54) is 32.4 Å². The summed E-state index contributed by atoms with van der Waals surface area (Å²) in [5.41, 5.74) is 0. The van der Waals surface area contributed by atoms with Gasteiger partial charge in [-0.2, -0.15) is 0 Å². The minimum Gasteiger partial charge on any atom is -0.478 e. The molecule has 0 saturated carbocycles. The van der Waals surface area contributed by atoms with Crippen molar-refractivity contribution in [3.05, 3.63) is 22.8 Å². The number of nitrogens with zero attached hydrogens (tertiary/aromatic N) is 1. The number of hydrogen-bond donors (Lipinski definition) is 1. The van der Waals surface area contributed by atoms with Gasteiger partial charge in [-0.15, -0.1) is 12.4 Å². The lowest BCUT2D eigenvalue weighted by atomic mass is 9.93. The van der Waals surface area contributed by atoms with Gasteiger partial charge in [0.2, 0.25) is 5.88 Å². The Labute approximate surface area is 123 Å². The molecule has 1 N–H and O–H groups in total. The number of piperidine rings is 1. The summed E-state index contributed by atoms with van der Waals surface area (Å²) in [6.07, 6.45) is 6.80. The standard InChI is InChI=1S/C13H19BrN2O.ClH/c14-12-3-4-13(16-10-12)17-9-1-2-11-5-7-15-8-6-11;/h3-4,10-11,15H,1-2,5-9H2;1H. The van der Waals surface area contributed by atoms with Crippen LogP contribution in [-0.4, -0.2) is 24.7 Å². The van der Waals surface area contributed by atoms with Crippen LogP contribution in [-0.2, 0) is 0 Å². The van der Waals surface area contributed by atoms with Gasteiger partial charge in [0.25, 0.3) is 0 Å². The topological polar surface area (TPSA) is 34.1 Å². The molecule has 1 fully saturated rings. The minimum absolute atomic E-state index is 0. The van der Waals surface area contributed by atoms with Crippen molar-refractivity contribution in [3.8, 4) is 5.88 Å². The fourth-order valence-corrected chi connectivity index (χ4v) is 2.40. The van der Waals surface area contributed by atoms with Crippen LogP contribution in [0, 0.1) is 5.92 Å². The predicted octanol–water partition coefficient (Wildman–Crippen LogP) is 3.42. The SMILES string of the molecule is Brc1ccc(OCCCC2CCNCC2)nc1.Cl. The molecule has 18 heavy (non-hydrogen) atoms. The molecule has 102 valence electrons. The molecule has 2 heterocycles. The summed E-state index contributed by atoms with van der Waals surface area (Å²) in [4.78, 5) is 4.18. The Balaban J connectivity index is 0.00000162. The van der Waals surface area contributed by atoms with Gasteiger partial charge in [0.05, 0.1) is 6.61 Å². The Bertz CT molecular complexity index is 328. The van der Waals surface area contributed by atoms with E-state index >= 15 is 0 Å². The minimum atomic E-state index is 0. The van der Waals surface area contributed by atoms with Gasteiger partial charge in [-0.1, -0.05) is 0 Å². The van der Waals surface area contributed by atoms with Crippen LogP contribution >= 0.6 is 28.3 Å². The maximum absolute atomic E-state index is 5.60. The second-order valence-corrected chi connectivity index (χ2v) is 5.41. The number of rotatable bonds is 5. The fourth-order valence-electron chi connectivity index (χ4n) is 2.17. The van der Waals surface area contributed by atoms with Crippen LogP contribution in [0.3, 0.4) is 0 Å². The van der Waals surface area contributed by atoms with Crippen molar-refractivity contribution in [2.75, 3.05) is 19.7 Å². The van der Waals surface area contributed by atoms with E-state index in [1.807, 2.05) is 12.1 Å². The Hall–Kier alpha value is -0.320. The van der Waals surface area contributed by atoms with Gasteiger partial charge in [-0.3, -0.25) is 0 Å². The zero-order valence-corrected chi connectivity index (χ0v) is 12.8. The molecule has 1 aliphatic rings. The summed E-state index contributed by atoms with van der Waals surface area (Å²) in [5, 5.41) is 3.39. The van der Waals surface area contributed by atoms with E-state index in [0.717, 1.165) is 29.3 Å². The van der Waals surface area contributed by atoms with Crippen LogP contribution in [0.4, 0.5) is 0 Å². The maximum Gasteiger partial charge on any atom is 0.213 e. The molecule has 3 nitrogen and oxygen atoms in total. The summed E-state index contributed by atoms with van der Waals surface area (Å²) in [5.74, 6) is 1.61. The van der Waals surface area contributed by atoms with Crippen molar-refractivity contribution in [1.29, 1.82) is 0 Å². The molecule has 0 aliphatic carbocycles. The number of aromatic nitrogens is 1. The molecule has 0 aromatic carbocycles. The summed E-state index contributed by atoms with van der Waals surface area (Å²) < 4.78 is 6.59. The smallest absolute Gasteiger partial charge is 0.213 e. The van der Waals surface area contributed by atoms with E-state index in [2.05, 4.69) is 26.2 Å². The highest BCUT2D eigenvalue weighted by Crippen LogP contribution is 2.18. The van der Waals surface area contributed by atoms with Gasteiger partial charge in [0, 0.05) is 16.7 Å². The number of pyridine rings is 1. The van der Waals surface area contributed by atoms with Gasteiger partial charge in [0.15, 0.2) is 0 Å². The molecular weight excluding hydrogens is 316 g/mol. The number of halogens is 2. The Kier molecular flexibility index (Phi) is 7.63. The number of nitrogens with one attached hydrogen (secondary N) is 1. The van der Waals surface area contributed by atoms with Crippen LogP contribution in [0.25, 0.3) is 0 Å². The van der Waals surface area contributed by atoms with E-state index in [1.54, 1.807) is 6.20 Å². The lowest BCUT2D eigenvalue weighted by molar-refractivity contribution is 0.266. The Morgan fingerprint density at radius 3 is 2.78 bits per heavy atom. The van der Waals surface area contributed by atoms with Crippen LogP contribution < -0.4 is 10.1 Å². The zero-order valence-electron chi connectivity index (χ0n) is 10.4. The van der Waals surface area contributed by atoms with E-state index < -0.39 is 0 Å². The molecule has 0 amide bonds. The normalized spacial score (nSPS) is 16.1. The quantitative estimate of drug-likeness (QED) is 0.837. The summed E-state index contributed by atoms with van der Waals surface area (Å²) in [6, 6.07) is 3.85. The third-order valence-corrected chi connectivity index (χ3v) is 3.63. The second-order valence-electron chi connectivity index (χ2n) is 4.50. The molecule has 1 aromatic heterocycles. The highest BCUT2D eigenvalue weighted by molar-refractivity contribution is 9.10. The van der Waals surface area contributed by atoms with Crippen molar-refractivity contribution < 1.29 is 4.74 Å². The van der Waals surface area contributed by atoms with Gasteiger partial charge in [-0.05, 0) is 66.7 Å². The monoisotopic (exact) mass is 334 g/mol. The van der Waals surface area contributed by atoms with Crippen LogP contribution in [0.15, 0.2) is 22.8 Å². The van der Waals surface area contributed by atoms with Gasteiger partial charge in [0.1, 0.15) is 0 Å². The number of ether oxygens (including phenoxy) is 1. The Morgan fingerprint density at radius 1 is 1.33 bits per heavy atom. The first-order chi connectivity index (χ1) is 8.34. The largest absolute Gasteiger partial charge is 0.478 e. The van der Waals surface area contributed by atoms with Crippen molar-refractivity contribution in [2.45, 2.75) is 25.7 Å². The van der Waals surface area contributed by atoms with Crippen molar-refractivity contribution in [1.82, 2.24) is 10.3 Å². The fraction of sp³-hybridized carbons (Fsp3) is 0.615. The van der Waals surface area contributed by atoms with Gasteiger partial charge < -0.3 is 10.1 Å². The maximum atomic E-state index is 5.60. The van der Waals surface area contributed by atoms with Crippen molar-refractivity contribution in [3.63, 3.8) is 0 Å². The molecule has 5 heteroatoms. The lowest BCUT2D eigenvalue weighted by Crippen LogP contribution is -2.27. The van der Waals surface area contributed by atoms with E-state index in [0.29, 0.717) is 0 Å². The Morgan fingerprint density at radius 2 is 2.11 bits per heavy atom. The number of hydrogen-bond acceptors (Lipinski definition) is 3. The zero-order chi connectivity index (χ0) is 11.9. The summed E-state index contributed by atoms with van der Waals surface area (Å²) >= 11 is 3.36. The summed E-state index contributed by atoms with van der Waals surface area (Å²) in [6.45, 7) is 3.14. The highest BCUT2D eigenvalue weighted by Gasteiger charge is 2.12. The first-order valence-corrected chi connectivity index (χ1v) is 7.09. The lowest BCUT2D eigenvalue weighted by Gasteiger charge is -2.22. The second kappa shape index (κ2) is 8.73. The third kappa shape index (κ3) is 5.55. The predicted molar refractivity (Wildman–Crippen MR) is 79.5 cm³/mol. The van der Waals surface area contributed by atoms with Gasteiger partial charge in [-0.25, -0.2) is 4.98 Å².